The number of halogens is 3. The fourth-order valence-corrected chi connectivity index (χ4v) is 6.09. The molecule has 4 rings (SSSR count). The number of aromatic nitrogens is 3. The van der Waals surface area contributed by atoms with E-state index in [1.165, 1.54) is 12.1 Å². The van der Waals surface area contributed by atoms with Crippen molar-refractivity contribution in [2.75, 3.05) is 84.9 Å². The molecule has 4 N–H and O–H groups in total. The maximum Gasteiger partial charge on any atom is 0.224 e. The highest BCUT2D eigenvalue weighted by molar-refractivity contribution is 6.36. The number of pyridine rings is 1. The van der Waals surface area contributed by atoms with Gasteiger partial charge in [0.05, 0.1) is 89.8 Å². The van der Waals surface area contributed by atoms with E-state index in [4.69, 9.17) is 63.1 Å². The Balaban J connectivity index is 1.08. The first-order valence-electron chi connectivity index (χ1n) is 17.2. The van der Waals surface area contributed by atoms with Gasteiger partial charge in [0, 0.05) is 53.6 Å². The number of nitrogens with zero attached hydrogens (tertiary/aromatic N) is 4. The monoisotopic (exact) mass is 768 g/mol. The summed E-state index contributed by atoms with van der Waals surface area (Å²) >= 11 is 12.4. The number of likely N-dealkylation sites (tertiary alicyclic amines) is 1. The third kappa shape index (κ3) is 13.1. The molecule has 1 aliphatic heterocycles. The molecule has 0 unspecified atom stereocenters. The Morgan fingerprint density at radius 2 is 1.46 bits per heavy atom. The minimum Gasteiger partial charge on any atom is -0.482 e. The van der Waals surface area contributed by atoms with Crippen LogP contribution in [0.4, 0.5) is 10.2 Å². The number of ether oxygens (including phenoxy) is 6. The van der Waals surface area contributed by atoms with Crippen molar-refractivity contribution in [3.05, 3.63) is 58.2 Å². The van der Waals surface area contributed by atoms with Gasteiger partial charge in [-0.25, -0.2) is 9.37 Å². The van der Waals surface area contributed by atoms with Crippen molar-refractivity contribution in [1.82, 2.24) is 19.7 Å². The van der Waals surface area contributed by atoms with Crippen LogP contribution in [-0.4, -0.2) is 111 Å². The van der Waals surface area contributed by atoms with Gasteiger partial charge in [-0.3, -0.25) is 14.3 Å². The van der Waals surface area contributed by atoms with E-state index in [-0.39, 0.29) is 40.1 Å². The summed E-state index contributed by atoms with van der Waals surface area (Å²) in [4.78, 5) is 29.5. The minimum absolute atomic E-state index is 0.0592. The Morgan fingerprint density at radius 3 is 2.06 bits per heavy atom. The number of rotatable bonds is 23. The van der Waals surface area contributed by atoms with Crippen LogP contribution in [0.5, 0.6) is 5.75 Å². The number of carbonyl (C=O) groups is 2. The number of hydrogen-bond acceptors (Lipinski definition) is 11. The Hall–Kier alpha value is -3.57. The number of primary amides is 1. The largest absolute Gasteiger partial charge is 0.482 e. The van der Waals surface area contributed by atoms with Crippen molar-refractivity contribution in [2.24, 2.45) is 5.73 Å². The molecule has 0 radical (unpaired) electrons. The summed E-state index contributed by atoms with van der Waals surface area (Å²) in [5.41, 5.74) is 13.0. The zero-order valence-corrected chi connectivity index (χ0v) is 30.8. The predicted molar refractivity (Wildman–Crippen MR) is 193 cm³/mol. The topological polar surface area (TPSA) is 176 Å². The van der Waals surface area contributed by atoms with E-state index in [1.807, 2.05) is 15.8 Å². The molecule has 3 heterocycles. The number of nitrogen functional groups attached to an aromatic ring is 1. The van der Waals surface area contributed by atoms with Crippen molar-refractivity contribution in [1.29, 1.82) is 0 Å². The molecule has 0 spiro atoms. The van der Waals surface area contributed by atoms with E-state index >= 15 is 0 Å². The van der Waals surface area contributed by atoms with Gasteiger partial charge in [-0.1, -0.05) is 23.2 Å². The summed E-state index contributed by atoms with van der Waals surface area (Å²) in [7, 11) is 0. The molecule has 1 fully saturated rings. The van der Waals surface area contributed by atoms with E-state index in [0.29, 0.717) is 96.9 Å². The average molecular weight is 770 g/mol. The Morgan fingerprint density at radius 1 is 0.885 bits per heavy atom. The fourth-order valence-electron chi connectivity index (χ4n) is 5.41. The summed E-state index contributed by atoms with van der Waals surface area (Å²) in [6.45, 7) is 6.94. The molecule has 2 aromatic heterocycles. The second-order valence-corrected chi connectivity index (χ2v) is 12.8. The Kier molecular flexibility index (Phi) is 17.3. The van der Waals surface area contributed by atoms with Gasteiger partial charge in [-0.15, -0.1) is 0 Å². The lowest BCUT2D eigenvalue weighted by atomic mass is 10.0. The van der Waals surface area contributed by atoms with Crippen LogP contribution in [0.15, 0.2) is 36.8 Å². The minimum atomic E-state index is -0.693. The lowest BCUT2D eigenvalue weighted by Crippen LogP contribution is -2.39. The Bertz CT molecular complexity index is 1580. The van der Waals surface area contributed by atoms with Gasteiger partial charge in [0.15, 0.2) is 11.6 Å². The number of hydrogen-bond donors (Lipinski definition) is 2. The molecule has 2 amide bonds. The van der Waals surface area contributed by atoms with Gasteiger partial charge >= 0.3 is 0 Å². The van der Waals surface area contributed by atoms with Gasteiger partial charge in [-0.2, -0.15) is 5.10 Å². The number of carbonyl (C=O) groups excluding carboxylic acids is 2. The molecule has 52 heavy (non-hydrogen) atoms. The number of benzene rings is 1. The molecule has 1 atom stereocenters. The van der Waals surface area contributed by atoms with Crippen LogP contribution in [0, 0.1) is 5.82 Å². The van der Waals surface area contributed by atoms with Crippen molar-refractivity contribution in [3.8, 4) is 16.9 Å². The molecule has 286 valence electrons. The van der Waals surface area contributed by atoms with Crippen LogP contribution in [0.2, 0.25) is 10.0 Å². The molecule has 0 saturated carbocycles. The van der Waals surface area contributed by atoms with Crippen LogP contribution >= 0.6 is 23.2 Å². The second kappa shape index (κ2) is 21.8. The smallest absolute Gasteiger partial charge is 0.224 e. The quantitative estimate of drug-likeness (QED) is 0.102. The van der Waals surface area contributed by atoms with Gasteiger partial charge in [0.25, 0.3) is 0 Å². The van der Waals surface area contributed by atoms with E-state index in [9.17, 15) is 14.0 Å². The summed E-state index contributed by atoms with van der Waals surface area (Å²) in [6, 6.07) is 4.52. The van der Waals surface area contributed by atoms with Gasteiger partial charge in [0.1, 0.15) is 11.9 Å². The number of amides is 2. The number of piperidine rings is 1. The zero-order chi connectivity index (χ0) is 37.3. The molecule has 14 nitrogen and oxygen atoms in total. The highest BCUT2D eigenvalue weighted by Gasteiger charge is 2.25. The molecule has 1 saturated heterocycles. The summed E-state index contributed by atoms with van der Waals surface area (Å²) in [5, 5.41) is 4.76. The molecule has 17 heteroatoms. The fraction of sp³-hybridized carbons (Fsp3) is 0.543. The molecule has 0 aliphatic carbocycles. The highest BCUT2D eigenvalue weighted by Crippen LogP contribution is 2.37. The predicted octanol–water partition coefficient (Wildman–Crippen LogP) is 4.63. The maximum absolute atomic E-state index is 14.1. The van der Waals surface area contributed by atoms with E-state index in [2.05, 4.69) is 10.1 Å². The third-order valence-electron chi connectivity index (χ3n) is 8.24. The molecule has 0 bridgehead atoms. The van der Waals surface area contributed by atoms with Crippen LogP contribution in [0.25, 0.3) is 11.1 Å². The standard InChI is InChI=1S/C35H47Cl2FN6O8/c1-24(33-28(36)2-3-29(38)34(33)37)52-30-20-25(21-41-35(30)40)26-22-42-44(23-26)27-4-8-43(9-5-27)32(46)7-11-48-13-15-50-17-19-51-18-16-49-14-12-47-10-6-31(39)45/h2-3,20-24,27H,4-19H2,1H3,(H2,39,45)(H2,40,41)/t24-/m1/s1. The number of anilines is 1. The number of nitrogens with two attached hydrogens (primary N) is 2. The first-order chi connectivity index (χ1) is 25.1. The van der Waals surface area contributed by atoms with Crippen LogP contribution in [0.3, 0.4) is 0 Å². The summed E-state index contributed by atoms with van der Waals surface area (Å²) in [6.07, 6.45) is 6.67. The summed E-state index contributed by atoms with van der Waals surface area (Å²) < 4.78 is 49.1. The molecule has 3 aromatic rings. The van der Waals surface area contributed by atoms with E-state index in [0.717, 1.165) is 24.0 Å². The van der Waals surface area contributed by atoms with Gasteiger partial charge in [-0.05, 0) is 38.0 Å². The van der Waals surface area contributed by atoms with Gasteiger partial charge < -0.3 is 44.8 Å². The Labute approximate surface area is 312 Å². The molecular formula is C35H47Cl2FN6O8. The van der Waals surface area contributed by atoms with E-state index < -0.39 is 11.9 Å². The van der Waals surface area contributed by atoms with Crippen molar-refractivity contribution < 1.29 is 42.4 Å². The third-order valence-corrected chi connectivity index (χ3v) is 8.95. The normalized spacial score (nSPS) is 14.1. The van der Waals surface area contributed by atoms with Gasteiger partial charge in [0.2, 0.25) is 11.8 Å². The van der Waals surface area contributed by atoms with Crippen LogP contribution < -0.4 is 16.2 Å². The van der Waals surface area contributed by atoms with Crippen molar-refractivity contribution in [3.63, 3.8) is 0 Å². The van der Waals surface area contributed by atoms with Crippen molar-refractivity contribution >= 4 is 40.8 Å². The molecular weight excluding hydrogens is 722 g/mol. The average Bonchev–Trinajstić information content (AvgIpc) is 3.63. The lowest BCUT2D eigenvalue weighted by molar-refractivity contribution is -0.133. The SMILES string of the molecule is C[C@@H](Oc1cc(-c2cnn(C3CCN(C(=O)CCOCCOCCOCCOCCOCCC(N)=O)CC3)c2)cnc1N)c1c(Cl)ccc(F)c1Cl. The van der Waals surface area contributed by atoms with Crippen LogP contribution in [0.1, 0.15) is 50.3 Å². The first kappa shape index (κ1) is 41.2. The highest BCUT2D eigenvalue weighted by atomic mass is 35.5. The maximum atomic E-state index is 14.1. The second-order valence-electron chi connectivity index (χ2n) is 12.0. The van der Waals surface area contributed by atoms with Crippen LogP contribution in [-0.2, 0) is 33.3 Å². The zero-order valence-electron chi connectivity index (χ0n) is 29.3. The van der Waals surface area contributed by atoms with Crippen molar-refractivity contribution in [2.45, 2.75) is 44.8 Å². The molecule has 1 aliphatic rings. The first-order valence-corrected chi connectivity index (χ1v) is 17.9. The lowest BCUT2D eigenvalue weighted by Gasteiger charge is -2.32. The summed E-state index contributed by atoms with van der Waals surface area (Å²) in [5.74, 6) is -0.449. The van der Waals surface area contributed by atoms with E-state index in [1.54, 1.807) is 25.4 Å². The molecule has 1 aromatic carbocycles.